The van der Waals surface area contributed by atoms with Gasteiger partial charge in [-0.25, -0.2) is 0 Å². The third-order valence-corrected chi connectivity index (χ3v) is 1.23. The molecule has 2 unspecified atom stereocenters. The van der Waals surface area contributed by atoms with Crippen molar-refractivity contribution in [2.75, 3.05) is 0 Å². The third kappa shape index (κ3) is 3.88. The SMILES string of the molecule is CCC(C(C)[O-])[N+](=O)[O-].[Li+]. The fourth-order valence-electron chi connectivity index (χ4n) is 0.652. The maximum absolute atomic E-state index is 10.5. The molecule has 0 saturated heterocycles. The topological polar surface area (TPSA) is 66.2 Å². The standard InChI is InChI=1S/C5H10NO3.Li/c1-3-5(4(2)7)6(8)9;/h4-5H,3H2,1-2H3;/q-1;+1. The van der Waals surface area contributed by atoms with Crippen LogP contribution in [0.2, 0.25) is 0 Å². The van der Waals surface area contributed by atoms with Gasteiger partial charge in [-0.15, -0.1) is 0 Å². The summed E-state index contributed by atoms with van der Waals surface area (Å²) in [7, 11) is 0. The van der Waals surface area contributed by atoms with Crippen LogP contribution in [0.1, 0.15) is 20.3 Å². The zero-order chi connectivity index (χ0) is 7.44. The first-order chi connectivity index (χ1) is 4.09. The van der Waals surface area contributed by atoms with Gasteiger partial charge in [0.05, 0.1) is 0 Å². The number of nitro groups is 1. The van der Waals surface area contributed by atoms with Crippen molar-refractivity contribution in [2.24, 2.45) is 0 Å². The minimum atomic E-state index is -1.09. The fourth-order valence-corrected chi connectivity index (χ4v) is 0.652. The minimum absolute atomic E-state index is 0. The van der Waals surface area contributed by atoms with Crippen molar-refractivity contribution >= 4 is 0 Å². The summed E-state index contributed by atoms with van der Waals surface area (Å²) in [6.07, 6.45) is -0.775. The summed E-state index contributed by atoms with van der Waals surface area (Å²) >= 11 is 0. The number of rotatable bonds is 3. The molecule has 0 aliphatic rings. The van der Waals surface area contributed by atoms with E-state index in [4.69, 9.17) is 0 Å². The van der Waals surface area contributed by atoms with Crippen LogP contribution in [0.4, 0.5) is 0 Å². The Morgan fingerprint density at radius 3 is 2.00 bits per heavy atom. The number of nitrogens with zero attached hydrogens (tertiary/aromatic N) is 1. The van der Waals surface area contributed by atoms with Crippen molar-refractivity contribution in [1.82, 2.24) is 0 Å². The molecule has 0 saturated carbocycles. The maximum Gasteiger partial charge on any atom is 1.00 e. The van der Waals surface area contributed by atoms with Gasteiger partial charge >= 0.3 is 18.9 Å². The van der Waals surface area contributed by atoms with Gasteiger partial charge in [0.2, 0.25) is 0 Å². The average molecular weight is 139 g/mol. The van der Waals surface area contributed by atoms with Gasteiger partial charge in [-0.2, -0.15) is 0 Å². The molecule has 54 valence electrons. The smallest absolute Gasteiger partial charge is 0.847 e. The molecule has 0 bridgehead atoms. The molecule has 0 aliphatic carbocycles. The van der Waals surface area contributed by atoms with E-state index in [-0.39, 0.29) is 18.9 Å². The van der Waals surface area contributed by atoms with Crippen molar-refractivity contribution in [3.63, 3.8) is 0 Å². The zero-order valence-corrected chi connectivity index (χ0v) is 6.53. The van der Waals surface area contributed by atoms with E-state index in [1.54, 1.807) is 6.92 Å². The van der Waals surface area contributed by atoms with Crippen molar-refractivity contribution in [1.29, 1.82) is 0 Å². The van der Waals surface area contributed by atoms with E-state index in [1.165, 1.54) is 6.92 Å². The van der Waals surface area contributed by atoms with E-state index in [2.05, 4.69) is 0 Å². The van der Waals surface area contributed by atoms with Crippen LogP contribution >= 0.6 is 0 Å². The van der Waals surface area contributed by atoms with Crippen LogP contribution in [0, 0.1) is 10.1 Å². The Morgan fingerprint density at radius 1 is 1.60 bits per heavy atom. The molecule has 0 aromatic heterocycles. The molecule has 0 heterocycles. The van der Waals surface area contributed by atoms with Gasteiger partial charge in [-0.1, -0.05) is 20.0 Å². The first-order valence-electron chi connectivity index (χ1n) is 2.89. The minimum Gasteiger partial charge on any atom is -0.847 e. The van der Waals surface area contributed by atoms with E-state index < -0.39 is 17.1 Å². The summed E-state index contributed by atoms with van der Waals surface area (Å²) in [5, 5.41) is 20.4. The van der Waals surface area contributed by atoms with Gasteiger partial charge in [-0.3, -0.25) is 10.1 Å². The first kappa shape index (κ1) is 12.6. The molecule has 0 rings (SSSR count). The Hall–Kier alpha value is -0.0426. The van der Waals surface area contributed by atoms with Crippen LogP contribution in [0.25, 0.3) is 0 Å². The molecule has 0 N–H and O–H groups in total. The summed E-state index contributed by atoms with van der Waals surface area (Å²) in [6, 6.07) is -0.912. The summed E-state index contributed by atoms with van der Waals surface area (Å²) in [5.41, 5.74) is 0. The molecule has 0 aromatic carbocycles. The molecule has 5 heteroatoms. The second-order valence-electron chi connectivity index (χ2n) is 1.97. The van der Waals surface area contributed by atoms with Crippen LogP contribution in [-0.4, -0.2) is 17.1 Å². The van der Waals surface area contributed by atoms with Gasteiger partial charge in [-0.05, 0) is 0 Å². The van der Waals surface area contributed by atoms with Crippen LogP contribution in [0.5, 0.6) is 0 Å². The van der Waals surface area contributed by atoms with E-state index in [9.17, 15) is 15.2 Å². The van der Waals surface area contributed by atoms with Gasteiger partial charge in [0.25, 0.3) is 0 Å². The molecule has 0 fully saturated rings. The summed E-state index contributed by atoms with van der Waals surface area (Å²) in [5.74, 6) is 0. The number of hydrogen-bond acceptors (Lipinski definition) is 3. The van der Waals surface area contributed by atoms with Crippen LogP contribution in [-0.2, 0) is 0 Å². The summed E-state index contributed by atoms with van der Waals surface area (Å²) in [4.78, 5) is 9.46. The molecule has 4 nitrogen and oxygen atoms in total. The Bertz CT molecular complexity index is 107. The van der Waals surface area contributed by atoms with E-state index in [0.29, 0.717) is 6.42 Å². The van der Waals surface area contributed by atoms with Crippen molar-refractivity contribution in [2.45, 2.75) is 32.4 Å². The van der Waals surface area contributed by atoms with Crippen LogP contribution < -0.4 is 24.0 Å². The van der Waals surface area contributed by atoms with E-state index >= 15 is 0 Å². The quantitative estimate of drug-likeness (QED) is 0.235. The fraction of sp³-hybridized carbons (Fsp3) is 1.00. The van der Waals surface area contributed by atoms with Gasteiger partial charge in [0.15, 0.2) is 6.04 Å². The van der Waals surface area contributed by atoms with Gasteiger partial charge in [0.1, 0.15) is 0 Å². The maximum atomic E-state index is 10.5. The zero-order valence-electron chi connectivity index (χ0n) is 6.53. The monoisotopic (exact) mass is 139 g/mol. The van der Waals surface area contributed by atoms with E-state index in [1.807, 2.05) is 0 Å². The predicted molar refractivity (Wildman–Crippen MR) is 30.5 cm³/mol. The Labute approximate surface area is 71.9 Å². The molecule has 0 spiro atoms. The molecular weight excluding hydrogens is 129 g/mol. The molecule has 2 atom stereocenters. The molecule has 10 heavy (non-hydrogen) atoms. The van der Waals surface area contributed by atoms with Crippen LogP contribution in [0.15, 0.2) is 0 Å². The second-order valence-corrected chi connectivity index (χ2v) is 1.97. The number of hydrogen-bond donors (Lipinski definition) is 0. The Kier molecular flexibility index (Phi) is 7.22. The Balaban J connectivity index is 0. The summed E-state index contributed by atoms with van der Waals surface area (Å²) in [6.45, 7) is 2.96. The summed E-state index contributed by atoms with van der Waals surface area (Å²) < 4.78 is 0. The normalized spacial score (nSPS) is 15.1. The molecule has 0 aliphatic heterocycles. The molecule has 0 amide bonds. The molecule has 0 radical (unpaired) electrons. The average Bonchev–Trinajstić information content (AvgIpc) is 1.64. The van der Waals surface area contributed by atoms with E-state index in [0.717, 1.165) is 0 Å². The van der Waals surface area contributed by atoms with Crippen molar-refractivity contribution < 1.29 is 28.9 Å². The van der Waals surface area contributed by atoms with Gasteiger partial charge in [0, 0.05) is 11.3 Å². The molecule has 0 aromatic rings. The first-order valence-corrected chi connectivity index (χ1v) is 2.89. The van der Waals surface area contributed by atoms with Crippen LogP contribution in [0.3, 0.4) is 0 Å². The third-order valence-electron chi connectivity index (χ3n) is 1.23. The largest absolute Gasteiger partial charge is 1.00 e. The Morgan fingerprint density at radius 2 is 2.00 bits per heavy atom. The van der Waals surface area contributed by atoms with Crippen molar-refractivity contribution in [3.8, 4) is 0 Å². The molecular formula is C5H10LiNO3. The second kappa shape index (κ2) is 5.72. The predicted octanol–water partition coefficient (Wildman–Crippen LogP) is -3.21. The van der Waals surface area contributed by atoms with Gasteiger partial charge < -0.3 is 5.11 Å². The van der Waals surface area contributed by atoms with Crippen molar-refractivity contribution in [3.05, 3.63) is 10.1 Å².